The average molecular weight is 279 g/mol. The van der Waals surface area contributed by atoms with Crippen molar-refractivity contribution in [1.29, 1.82) is 0 Å². The van der Waals surface area contributed by atoms with Crippen molar-refractivity contribution in [2.75, 3.05) is 5.73 Å². The highest BCUT2D eigenvalue weighted by Gasteiger charge is 2.36. The second-order valence-electron chi connectivity index (χ2n) is 3.16. The van der Waals surface area contributed by atoms with Crippen LogP contribution in [0.3, 0.4) is 0 Å². The van der Waals surface area contributed by atoms with Crippen LogP contribution in [0.4, 0.5) is 23.2 Å². The minimum Gasteiger partial charge on any atom is -0.427 e. The van der Waals surface area contributed by atoms with Crippen molar-refractivity contribution in [3.05, 3.63) is 29.0 Å². The number of hydrogen-bond donors (Lipinski definition) is 1. The van der Waals surface area contributed by atoms with Crippen LogP contribution in [-0.2, 0) is 6.18 Å². The van der Waals surface area contributed by atoms with E-state index in [2.05, 4.69) is 10.2 Å². The van der Waals surface area contributed by atoms with Gasteiger partial charge in [0.2, 0.25) is 5.01 Å². The van der Waals surface area contributed by atoms with E-state index in [9.17, 15) is 17.6 Å². The molecule has 0 unspecified atom stereocenters. The molecule has 2 N–H and O–H groups in total. The normalized spacial score (nSPS) is 11.6. The summed E-state index contributed by atoms with van der Waals surface area (Å²) in [5.74, 6) is -1.06. The van der Waals surface area contributed by atoms with Gasteiger partial charge in [-0.3, -0.25) is 0 Å². The fraction of sp³-hybridized carbons (Fsp3) is 0.111. The number of nitrogens with two attached hydrogens (primary N) is 1. The molecule has 0 saturated carbocycles. The zero-order chi connectivity index (χ0) is 13.3. The second-order valence-corrected chi connectivity index (χ2v) is 4.10. The van der Waals surface area contributed by atoms with Crippen LogP contribution in [0.2, 0.25) is 0 Å². The molecule has 0 saturated heterocycles. The number of aromatic nitrogens is 2. The van der Waals surface area contributed by atoms with Crippen LogP contribution in [0.1, 0.15) is 5.01 Å². The van der Waals surface area contributed by atoms with Gasteiger partial charge < -0.3 is 10.5 Å². The molecule has 2 rings (SSSR count). The van der Waals surface area contributed by atoms with Crippen LogP contribution in [0.15, 0.2) is 18.2 Å². The summed E-state index contributed by atoms with van der Waals surface area (Å²) < 4.78 is 54.9. The molecule has 0 radical (unpaired) electrons. The molecule has 0 bridgehead atoms. The summed E-state index contributed by atoms with van der Waals surface area (Å²) in [6, 6.07) is 3.53. The molecule has 4 nitrogen and oxygen atoms in total. The lowest BCUT2D eigenvalue weighted by molar-refractivity contribution is -0.138. The molecule has 0 aliphatic carbocycles. The van der Waals surface area contributed by atoms with Gasteiger partial charge in [-0.15, -0.1) is 5.10 Å². The van der Waals surface area contributed by atoms with E-state index in [1.54, 1.807) is 0 Å². The van der Waals surface area contributed by atoms with E-state index in [1.807, 2.05) is 0 Å². The van der Waals surface area contributed by atoms with Crippen LogP contribution in [-0.4, -0.2) is 10.2 Å². The Labute approximate surface area is 102 Å². The van der Waals surface area contributed by atoms with Gasteiger partial charge in [0.05, 0.1) is 0 Å². The Morgan fingerprint density at radius 1 is 1.22 bits per heavy atom. The Balaban J connectivity index is 2.21. The maximum Gasteiger partial charge on any atom is 0.445 e. The summed E-state index contributed by atoms with van der Waals surface area (Å²) >= 11 is 0.180. The van der Waals surface area contributed by atoms with Crippen molar-refractivity contribution < 1.29 is 22.3 Å². The molecule has 2 aromatic rings. The maximum atomic E-state index is 13.3. The lowest BCUT2D eigenvalue weighted by atomic mass is 10.3. The first-order chi connectivity index (χ1) is 8.36. The van der Waals surface area contributed by atoms with Crippen LogP contribution in [0.5, 0.6) is 10.9 Å². The number of ether oxygens (including phenoxy) is 1. The Kier molecular flexibility index (Phi) is 3.07. The Bertz CT molecular complexity index is 569. The summed E-state index contributed by atoms with van der Waals surface area (Å²) in [5.41, 5.74) is 5.49. The van der Waals surface area contributed by atoms with Crippen LogP contribution in [0, 0.1) is 5.82 Å². The first-order valence-electron chi connectivity index (χ1n) is 4.50. The molecule has 0 fully saturated rings. The van der Waals surface area contributed by atoms with Crippen LogP contribution < -0.4 is 10.5 Å². The summed E-state index contributed by atoms with van der Waals surface area (Å²) in [4.78, 5) is 0. The third-order valence-corrected chi connectivity index (χ3v) is 2.65. The van der Waals surface area contributed by atoms with E-state index in [-0.39, 0.29) is 22.8 Å². The smallest absolute Gasteiger partial charge is 0.427 e. The highest BCUT2D eigenvalue weighted by atomic mass is 32.1. The minimum atomic E-state index is -4.60. The van der Waals surface area contributed by atoms with E-state index in [4.69, 9.17) is 10.5 Å². The molecule has 18 heavy (non-hydrogen) atoms. The number of nitrogens with zero attached hydrogens (tertiary/aromatic N) is 2. The van der Waals surface area contributed by atoms with E-state index in [1.165, 1.54) is 12.1 Å². The summed E-state index contributed by atoms with van der Waals surface area (Å²) in [6.45, 7) is 0. The average Bonchev–Trinajstić information content (AvgIpc) is 2.70. The Hall–Kier alpha value is -1.90. The predicted molar refractivity (Wildman–Crippen MR) is 55.8 cm³/mol. The quantitative estimate of drug-likeness (QED) is 0.678. The number of alkyl halides is 3. The van der Waals surface area contributed by atoms with Gasteiger partial charge in [-0.25, -0.2) is 4.39 Å². The molecule has 0 atom stereocenters. The molecule has 0 aliphatic heterocycles. The zero-order valence-corrected chi connectivity index (χ0v) is 9.35. The van der Waals surface area contributed by atoms with Gasteiger partial charge in [0, 0.05) is 11.8 Å². The minimum absolute atomic E-state index is 0.174. The van der Waals surface area contributed by atoms with E-state index in [0.29, 0.717) is 0 Å². The van der Waals surface area contributed by atoms with Crippen molar-refractivity contribution >= 4 is 17.0 Å². The number of anilines is 1. The van der Waals surface area contributed by atoms with Gasteiger partial charge in [-0.05, 0) is 12.1 Å². The van der Waals surface area contributed by atoms with Crippen molar-refractivity contribution in [2.24, 2.45) is 0 Å². The standard InChI is InChI=1S/C9H5F4N3OS/c10-5-3-4(14)1-2-6(5)17-8-16-15-7(18-8)9(11,12)13/h1-3H,14H2. The fourth-order valence-corrected chi connectivity index (χ4v) is 1.64. The number of halogens is 4. The predicted octanol–water partition coefficient (Wildman–Crippen LogP) is 3.07. The maximum absolute atomic E-state index is 13.3. The van der Waals surface area contributed by atoms with Gasteiger partial charge in [0.25, 0.3) is 5.19 Å². The highest BCUT2D eigenvalue weighted by molar-refractivity contribution is 7.13. The molecule has 0 amide bonds. The lowest BCUT2D eigenvalue weighted by Crippen LogP contribution is -2.03. The number of hydrogen-bond acceptors (Lipinski definition) is 5. The Morgan fingerprint density at radius 2 is 1.94 bits per heavy atom. The molecule has 9 heteroatoms. The van der Waals surface area contributed by atoms with Crippen LogP contribution in [0.25, 0.3) is 0 Å². The Morgan fingerprint density at radius 3 is 2.50 bits per heavy atom. The molecule has 1 aromatic heterocycles. The summed E-state index contributed by atoms with van der Waals surface area (Å²) in [5, 5.41) is 4.52. The lowest BCUT2D eigenvalue weighted by Gasteiger charge is -2.03. The molecule has 1 heterocycles. The molecular weight excluding hydrogens is 274 g/mol. The highest BCUT2D eigenvalue weighted by Crippen LogP contribution is 2.36. The second kappa shape index (κ2) is 4.41. The zero-order valence-electron chi connectivity index (χ0n) is 8.53. The van der Waals surface area contributed by atoms with Gasteiger partial charge in [0.1, 0.15) is 0 Å². The van der Waals surface area contributed by atoms with E-state index >= 15 is 0 Å². The van der Waals surface area contributed by atoms with Crippen molar-refractivity contribution in [3.8, 4) is 10.9 Å². The molecule has 1 aromatic carbocycles. The SMILES string of the molecule is Nc1ccc(Oc2nnc(C(F)(F)F)s2)c(F)c1. The molecule has 96 valence electrons. The first-order valence-corrected chi connectivity index (χ1v) is 5.31. The number of nitrogen functional groups attached to an aromatic ring is 1. The van der Waals surface area contributed by atoms with Crippen molar-refractivity contribution in [2.45, 2.75) is 6.18 Å². The third-order valence-electron chi connectivity index (χ3n) is 1.80. The monoisotopic (exact) mass is 279 g/mol. The van der Waals surface area contributed by atoms with Gasteiger partial charge in [-0.2, -0.15) is 13.2 Å². The first kappa shape index (κ1) is 12.6. The van der Waals surface area contributed by atoms with E-state index in [0.717, 1.165) is 6.07 Å². The molecule has 0 spiro atoms. The van der Waals surface area contributed by atoms with E-state index < -0.39 is 22.2 Å². The summed E-state index contributed by atoms with van der Waals surface area (Å²) in [7, 11) is 0. The third kappa shape index (κ3) is 2.67. The number of rotatable bonds is 2. The molecule has 0 aliphatic rings. The van der Waals surface area contributed by atoms with Gasteiger partial charge in [0.15, 0.2) is 11.6 Å². The largest absolute Gasteiger partial charge is 0.445 e. The fourth-order valence-electron chi connectivity index (χ4n) is 1.06. The summed E-state index contributed by atoms with van der Waals surface area (Å²) in [6.07, 6.45) is -4.60. The van der Waals surface area contributed by atoms with Gasteiger partial charge >= 0.3 is 6.18 Å². The van der Waals surface area contributed by atoms with Crippen molar-refractivity contribution in [1.82, 2.24) is 10.2 Å². The topological polar surface area (TPSA) is 61.0 Å². The molecular formula is C9H5F4N3OS. The van der Waals surface area contributed by atoms with Crippen molar-refractivity contribution in [3.63, 3.8) is 0 Å². The van der Waals surface area contributed by atoms with Crippen LogP contribution >= 0.6 is 11.3 Å². The number of benzene rings is 1. The van der Waals surface area contributed by atoms with Gasteiger partial charge in [-0.1, -0.05) is 16.4 Å².